The van der Waals surface area contributed by atoms with Gasteiger partial charge in [0.2, 0.25) is 0 Å². The minimum atomic E-state index is -1.98. The molecule has 0 saturated heterocycles. The van der Waals surface area contributed by atoms with Gasteiger partial charge in [0.1, 0.15) is 0 Å². The van der Waals surface area contributed by atoms with Gasteiger partial charge >= 0.3 is 77.4 Å². The number of rotatable bonds is 2. The summed E-state index contributed by atoms with van der Waals surface area (Å²) in [5.41, 5.74) is 0. The van der Waals surface area contributed by atoms with Crippen molar-refractivity contribution in [3.8, 4) is 0 Å². The molecule has 0 rings (SSSR count). The summed E-state index contributed by atoms with van der Waals surface area (Å²) in [7, 11) is 0. The molecule has 0 aliphatic rings. The predicted molar refractivity (Wildman–Crippen MR) is 57.0 cm³/mol. The van der Waals surface area contributed by atoms with Gasteiger partial charge in [-0.3, -0.25) is 0 Å². The van der Waals surface area contributed by atoms with Crippen LogP contribution in [0.15, 0.2) is 0 Å². The minimum absolute atomic E-state index is 0.779. The quantitative estimate of drug-likeness (QED) is 0.319. The zero-order chi connectivity index (χ0) is 5.91. The maximum absolute atomic E-state index is 9.75. The van der Waals surface area contributed by atoms with Crippen molar-refractivity contribution in [1.29, 1.82) is 0 Å². The molecule has 0 atom stereocenters. The molecule has 0 spiro atoms. The van der Waals surface area contributed by atoms with Crippen molar-refractivity contribution in [3.63, 3.8) is 0 Å². The van der Waals surface area contributed by atoms with Crippen molar-refractivity contribution in [3.05, 3.63) is 0 Å². The number of carbonyl (C=O) groups is 1. The van der Waals surface area contributed by atoms with E-state index >= 15 is 0 Å². The van der Waals surface area contributed by atoms with Crippen LogP contribution in [0, 0.1) is 0 Å². The zero-order valence-electron chi connectivity index (χ0n) is 3.12. The van der Waals surface area contributed by atoms with E-state index in [1.165, 1.54) is 0 Å². The first-order valence-electron chi connectivity index (χ1n) is 1.34. The Morgan fingerprint density at radius 3 is 1.86 bits per heavy atom. The van der Waals surface area contributed by atoms with E-state index < -0.39 is 6.75 Å². The molecule has 1 N–H and O–H groups in total. The second kappa shape index (κ2) is 4.30. The van der Waals surface area contributed by atoms with Crippen molar-refractivity contribution < 1.29 is 4.79 Å². The van der Waals surface area contributed by atoms with Gasteiger partial charge in [0.15, 0.2) is 0 Å². The summed E-state index contributed by atoms with van der Waals surface area (Å²) >= 11 is 6.95. The van der Waals surface area contributed by atoms with Crippen LogP contribution in [0.2, 0.25) is 0 Å². The first-order chi connectivity index (χ1) is 3.06. The van der Waals surface area contributed by atoms with Crippen molar-refractivity contribution in [2.24, 2.45) is 0 Å². The fourth-order valence-corrected chi connectivity index (χ4v) is 3.01. The molecule has 0 aromatic heterocycles. The average molecular weight is 543 g/mol. The van der Waals surface area contributed by atoms with Crippen molar-refractivity contribution in [2.75, 3.05) is 0 Å². The van der Waals surface area contributed by atoms with Crippen molar-refractivity contribution in [2.45, 2.75) is 0 Å². The fourth-order valence-electron chi connectivity index (χ4n) is 0.0668. The maximum atomic E-state index is 9.75. The van der Waals surface area contributed by atoms with Crippen LogP contribution in [0.25, 0.3) is 0 Å². The SMILES string of the molecule is O=C[NH][Sn]([I])([I])[I]. The van der Waals surface area contributed by atoms with Gasteiger partial charge in [-0.15, -0.1) is 0 Å². The number of carbonyl (C=O) groups excluding carboxylic acids is 1. The molecule has 0 fully saturated rings. The van der Waals surface area contributed by atoms with Gasteiger partial charge in [-0.25, -0.2) is 0 Å². The number of amides is 1. The normalized spacial score (nSPS) is 10.7. The standard InChI is InChI=1S/CH3NO.3HI.Sn/c2-1-3;;;;/h1H,(H2,2,3);3*1H;/q;;;;+4/p-4. The van der Waals surface area contributed by atoms with Gasteiger partial charge in [0.05, 0.1) is 0 Å². The molecule has 0 unspecified atom stereocenters. The van der Waals surface area contributed by atoms with Crippen LogP contribution in [0.1, 0.15) is 0 Å². The van der Waals surface area contributed by atoms with E-state index in [0.29, 0.717) is 0 Å². The zero-order valence-corrected chi connectivity index (χ0v) is 12.4. The van der Waals surface area contributed by atoms with Crippen LogP contribution >= 0.6 is 55.9 Å². The molecule has 0 bridgehead atoms. The molecule has 2 nitrogen and oxygen atoms in total. The van der Waals surface area contributed by atoms with Crippen LogP contribution in [0.5, 0.6) is 0 Å². The molecule has 7 heavy (non-hydrogen) atoms. The van der Waals surface area contributed by atoms with Gasteiger partial charge in [-0.1, -0.05) is 0 Å². The summed E-state index contributed by atoms with van der Waals surface area (Å²) in [5.74, 6) is 0. The predicted octanol–water partition coefficient (Wildman–Crippen LogP) is 1.47. The van der Waals surface area contributed by atoms with Crippen LogP contribution in [-0.2, 0) is 4.79 Å². The van der Waals surface area contributed by atoms with Crippen LogP contribution in [-0.4, -0.2) is 13.2 Å². The Bertz CT molecular complexity index is 69.8. The second-order valence-electron chi connectivity index (χ2n) is 0.760. The molecule has 0 aliphatic carbocycles. The third-order valence-electron chi connectivity index (χ3n) is 0.223. The summed E-state index contributed by atoms with van der Waals surface area (Å²) in [6, 6.07) is 0. The molecular weight excluding hydrogens is 541 g/mol. The molecule has 42 valence electrons. The Balaban J connectivity index is 3.34. The molecule has 0 aliphatic heterocycles. The Morgan fingerprint density at radius 1 is 1.43 bits per heavy atom. The summed E-state index contributed by atoms with van der Waals surface area (Å²) in [6.07, 6.45) is 0.779. The van der Waals surface area contributed by atoms with E-state index in [2.05, 4.69) is 59.4 Å². The van der Waals surface area contributed by atoms with E-state index in [4.69, 9.17) is 0 Å². The summed E-state index contributed by atoms with van der Waals surface area (Å²) in [4.78, 5) is 9.75. The van der Waals surface area contributed by atoms with E-state index in [-0.39, 0.29) is 0 Å². The molecule has 0 heterocycles. The Morgan fingerprint density at radius 2 is 1.86 bits per heavy atom. The molecule has 0 aromatic carbocycles. The van der Waals surface area contributed by atoms with E-state index in [1.807, 2.05) is 0 Å². The van der Waals surface area contributed by atoms with Crippen molar-refractivity contribution in [1.82, 2.24) is 3.54 Å². The van der Waals surface area contributed by atoms with Crippen LogP contribution < -0.4 is 3.54 Å². The van der Waals surface area contributed by atoms with Crippen LogP contribution in [0.3, 0.4) is 0 Å². The Labute approximate surface area is 75.4 Å². The van der Waals surface area contributed by atoms with Gasteiger partial charge < -0.3 is 0 Å². The van der Waals surface area contributed by atoms with Gasteiger partial charge in [0, 0.05) is 0 Å². The van der Waals surface area contributed by atoms with Crippen molar-refractivity contribution >= 4 is 69.1 Å². The number of hydrogen-bond acceptors (Lipinski definition) is 1. The monoisotopic (exact) mass is 545 g/mol. The average Bonchev–Trinajstić information content (AvgIpc) is 1.30. The van der Waals surface area contributed by atoms with Gasteiger partial charge in [0.25, 0.3) is 0 Å². The number of halogens is 3. The summed E-state index contributed by atoms with van der Waals surface area (Å²) in [6.45, 7) is -1.98. The second-order valence-corrected chi connectivity index (χ2v) is 78.5. The molecule has 0 saturated carbocycles. The molecule has 1 amide bonds. The third kappa shape index (κ3) is 8.46. The van der Waals surface area contributed by atoms with Crippen LogP contribution in [0.4, 0.5) is 0 Å². The van der Waals surface area contributed by atoms with Gasteiger partial charge in [-0.05, 0) is 0 Å². The Kier molecular flexibility index (Phi) is 5.81. The summed E-state index contributed by atoms with van der Waals surface area (Å²) in [5, 5.41) is 0. The van der Waals surface area contributed by atoms with Gasteiger partial charge in [-0.2, -0.15) is 0 Å². The number of nitrogens with one attached hydrogen (secondary N) is 1. The number of hydrogen-bond donors (Lipinski definition) is 1. The Hall–Kier alpha value is 2.46. The molecule has 0 aromatic rings. The van der Waals surface area contributed by atoms with E-state index in [9.17, 15) is 4.79 Å². The fraction of sp³-hybridized carbons (Fsp3) is 0. The third-order valence-corrected chi connectivity index (χ3v) is 7.76. The molecule has 6 heteroatoms. The summed E-state index contributed by atoms with van der Waals surface area (Å²) < 4.78 is 2.77. The molecular formula is CH2I3NOSn. The molecule has 0 radical (unpaired) electrons. The van der Waals surface area contributed by atoms with E-state index in [0.717, 1.165) is 6.41 Å². The first kappa shape index (κ1) is 9.46. The topological polar surface area (TPSA) is 29.1 Å². The first-order valence-corrected chi connectivity index (χ1v) is 27.7. The van der Waals surface area contributed by atoms with E-state index in [1.54, 1.807) is 0 Å².